The first kappa shape index (κ1) is 21.9. The fourth-order valence-electron chi connectivity index (χ4n) is 4.14. The van der Waals surface area contributed by atoms with Crippen LogP contribution in [0.15, 0.2) is 58.4 Å². The number of Topliss-reactive ketones (excluding diaryl/α,β-unsaturated/α-hetero) is 1. The predicted molar refractivity (Wildman–Crippen MR) is 120 cm³/mol. The molecule has 28 heavy (non-hydrogen) atoms. The van der Waals surface area contributed by atoms with Crippen LogP contribution >= 0.6 is 0 Å². The quantitative estimate of drug-likeness (QED) is 0.471. The number of aryl methyl sites for hydroxylation is 1. The van der Waals surface area contributed by atoms with Gasteiger partial charge in [0.1, 0.15) is 5.78 Å². The van der Waals surface area contributed by atoms with Gasteiger partial charge in [-0.15, -0.1) is 0 Å². The predicted octanol–water partition coefficient (Wildman–Crippen LogP) is 5.68. The summed E-state index contributed by atoms with van der Waals surface area (Å²) in [6, 6.07) is 6.28. The second-order valence-corrected chi connectivity index (χ2v) is 8.43. The molecule has 1 atom stereocenters. The fraction of sp³-hybridized carbons (Fsp3) is 0.440. The molecular formula is C25H34N2O. The van der Waals surface area contributed by atoms with E-state index in [1.54, 1.807) is 6.92 Å². The van der Waals surface area contributed by atoms with Crippen LogP contribution < -0.4 is 0 Å². The van der Waals surface area contributed by atoms with Crippen molar-refractivity contribution >= 4 is 11.5 Å². The zero-order chi connectivity index (χ0) is 21.2. The van der Waals surface area contributed by atoms with Crippen LogP contribution in [-0.4, -0.2) is 30.5 Å². The summed E-state index contributed by atoms with van der Waals surface area (Å²) in [6.45, 7) is 16.1. The maximum absolute atomic E-state index is 12.9. The highest BCUT2D eigenvalue weighted by molar-refractivity contribution is 5.99. The summed E-state index contributed by atoms with van der Waals surface area (Å²) in [7, 11) is 4.03. The lowest BCUT2D eigenvalue weighted by molar-refractivity contribution is -0.122. The van der Waals surface area contributed by atoms with Crippen molar-refractivity contribution in [2.45, 2.75) is 59.8 Å². The van der Waals surface area contributed by atoms with Crippen LogP contribution in [0.25, 0.3) is 0 Å². The molecule has 0 spiro atoms. The third kappa shape index (κ3) is 4.19. The van der Waals surface area contributed by atoms with E-state index < -0.39 is 5.41 Å². The molecule has 150 valence electrons. The number of aliphatic imine (C=N–C) groups is 1. The Hall–Kier alpha value is -2.42. The average molecular weight is 379 g/mol. The Labute approximate surface area is 170 Å². The molecule has 0 aliphatic heterocycles. The van der Waals surface area contributed by atoms with Crippen LogP contribution in [0.5, 0.6) is 0 Å². The highest BCUT2D eigenvalue weighted by atomic mass is 16.1. The van der Waals surface area contributed by atoms with Crippen molar-refractivity contribution in [1.29, 1.82) is 0 Å². The van der Waals surface area contributed by atoms with E-state index in [1.165, 1.54) is 16.7 Å². The van der Waals surface area contributed by atoms with Crippen molar-refractivity contribution in [1.82, 2.24) is 4.90 Å². The molecule has 2 rings (SSSR count). The van der Waals surface area contributed by atoms with E-state index in [-0.39, 0.29) is 5.78 Å². The topological polar surface area (TPSA) is 32.7 Å². The molecule has 0 N–H and O–H groups in total. The monoisotopic (exact) mass is 378 g/mol. The Morgan fingerprint density at radius 1 is 1.14 bits per heavy atom. The molecule has 1 aromatic rings. The molecule has 0 radical (unpaired) electrons. The van der Waals surface area contributed by atoms with Gasteiger partial charge in [-0.25, -0.2) is 0 Å². The van der Waals surface area contributed by atoms with Crippen molar-refractivity contribution in [3.8, 4) is 0 Å². The van der Waals surface area contributed by atoms with Gasteiger partial charge < -0.3 is 4.90 Å². The van der Waals surface area contributed by atoms with Crippen LogP contribution in [0.4, 0.5) is 0 Å². The number of hydrogen-bond donors (Lipinski definition) is 0. The van der Waals surface area contributed by atoms with Gasteiger partial charge in [-0.1, -0.05) is 35.9 Å². The second kappa shape index (κ2) is 8.30. The number of nitrogens with zero attached hydrogens (tertiary/aromatic N) is 2. The average Bonchev–Trinajstić information content (AvgIpc) is 2.92. The van der Waals surface area contributed by atoms with Crippen LogP contribution in [-0.2, 0) is 10.2 Å². The van der Waals surface area contributed by atoms with Crippen LogP contribution in [0.1, 0.15) is 57.2 Å². The molecule has 0 heterocycles. The molecule has 0 amide bonds. The second-order valence-electron chi connectivity index (χ2n) is 8.43. The lowest BCUT2D eigenvalue weighted by Gasteiger charge is -2.29. The van der Waals surface area contributed by atoms with Crippen molar-refractivity contribution in [3.05, 3.63) is 70.1 Å². The lowest BCUT2D eigenvalue weighted by Crippen LogP contribution is -2.33. The molecular weight excluding hydrogens is 344 g/mol. The minimum Gasteiger partial charge on any atom is -0.376 e. The summed E-state index contributed by atoms with van der Waals surface area (Å²) in [5.41, 5.74) is 8.29. The molecule has 3 nitrogen and oxygen atoms in total. The molecule has 3 heteroatoms. The van der Waals surface area contributed by atoms with E-state index in [2.05, 4.69) is 50.4 Å². The fourth-order valence-corrected chi connectivity index (χ4v) is 4.14. The maximum atomic E-state index is 12.9. The van der Waals surface area contributed by atoms with E-state index in [0.717, 1.165) is 34.7 Å². The zero-order valence-corrected chi connectivity index (χ0v) is 18.7. The number of rotatable bonds is 6. The molecule has 0 bridgehead atoms. The number of hydrogen-bond acceptors (Lipinski definition) is 3. The number of allylic oxidation sites excluding steroid dienone is 5. The third-order valence-corrected chi connectivity index (χ3v) is 5.86. The summed E-state index contributed by atoms with van der Waals surface area (Å²) in [6.07, 6.45) is 3.44. The highest BCUT2D eigenvalue weighted by Gasteiger charge is 2.44. The SMILES string of the molecule is C=C(C)/C=C(/C(C)=NC1=C(C)C[C@@](C(C)=O)(c2cccc(C)c2C)C1)N(C)C. The van der Waals surface area contributed by atoms with Gasteiger partial charge in [0.25, 0.3) is 0 Å². The maximum Gasteiger partial charge on any atom is 0.141 e. The smallest absolute Gasteiger partial charge is 0.141 e. The largest absolute Gasteiger partial charge is 0.376 e. The molecule has 0 fully saturated rings. The van der Waals surface area contributed by atoms with Crippen molar-refractivity contribution in [3.63, 3.8) is 0 Å². The molecule has 0 saturated carbocycles. The highest BCUT2D eigenvalue weighted by Crippen LogP contribution is 2.47. The Morgan fingerprint density at radius 2 is 1.79 bits per heavy atom. The molecule has 0 unspecified atom stereocenters. The van der Waals surface area contributed by atoms with Crippen LogP contribution in [0, 0.1) is 13.8 Å². The molecule has 1 aromatic carbocycles. The number of carbonyl (C=O) groups is 1. The van der Waals surface area contributed by atoms with E-state index >= 15 is 0 Å². The van der Waals surface area contributed by atoms with Gasteiger partial charge in [0, 0.05) is 26.2 Å². The first-order valence-electron chi connectivity index (χ1n) is 9.86. The van der Waals surface area contributed by atoms with Gasteiger partial charge in [-0.2, -0.15) is 0 Å². The summed E-state index contributed by atoms with van der Waals surface area (Å²) >= 11 is 0. The Kier molecular flexibility index (Phi) is 6.48. The first-order valence-corrected chi connectivity index (χ1v) is 9.86. The van der Waals surface area contributed by atoms with Crippen LogP contribution in [0.3, 0.4) is 0 Å². The Morgan fingerprint density at radius 3 is 2.32 bits per heavy atom. The third-order valence-electron chi connectivity index (χ3n) is 5.86. The van der Waals surface area contributed by atoms with E-state index in [9.17, 15) is 4.79 Å². The molecule has 0 aromatic heterocycles. The number of carbonyl (C=O) groups excluding carboxylic acids is 1. The molecule has 0 saturated heterocycles. The van der Waals surface area contributed by atoms with E-state index in [4.69, 9.17) is 4.99 Å². The van der Waals surface area contributed by atoms with Gasteiger partial charge in [0.05, 0.1) is 16.8 Å². The van der Waals surface area contributed by atoms with E-state index in [1.807, 2.05) is 34.0 Å². The van der Waals surface area contributed by atoms with Gasteiger partial charge >= 0.3 is 0 Å². The molecule has 1 aliphatic carbocycles. The summed E-state index contributed by atoms with van der Waals surface area (Å²) in [5.74, 6) is 0.216. The number of ketones is 1. The summed E-state index contributed by atoms with van der Waals surface area (Å²) in [5, 5.41) is 0. The van der Waals surface area contributed by atoms with E-state index in [0.29, 0.717) is 6.42 Å². The summed E-state index contributed by atoms with van der Waals surface area (Å²) in [4.78, 5) is 19.9. The Balaban J connectivity index is 2.50. The number of benzene rings is 1. The zero-order valence-electron chi connectivity index (χ0n) is 18.7. The van der Waals surface area contributed by atoms with Gasteiger partial charge in [0.15, 0.2) is 0 Å². The summed E-state index contributed by atoms with van der Waals surface area (Å²) < 4.78 is 0. The van der Waals surface area contributed by atoms with Crippen molar-refractivity contribution in [2.75, 3.05) is 14.1 Å². The standard InChI is InChI=1S/C25H34N2O/c1-16(2)13-24(27(8)9)20(6)26-23-15-25(21(7)28,14-18(23)4)22-12-10-11-17(3)19(22)5/h10-13H,1,14-15H2,2-9H3/b24-13-,26-20?/t25-/m1/s1. The first-order chi connectivity index (χ1) is 13.0. The molecule has 1 aliphatic rings. The minimum absolute atomic E-state index is 0.216. The van der Waals surface area contributed by atoms with Crippen molar-refractivity contribution < 1.29 is 4.79 Å². The van der Waals surface area contributed by atoms with Gasteiger partial charge in [0.2, 0.25) is 0 Å². The van der Waals surface area contributed by atoms with Crippen LogP contribution in [0.2, 0.25) is 0 Å². The van der Waals surface area contributed by atoms with Gasteiger partial charge in [-0.05, 0) is 70.7 Å². The van der Waals surface area contributed by atoms with Gasteiger partial charge in [-0.3, -0.25) is 9.79 Å². The Bertz CT molecular complexity index is 899. The minimum atomic E-state index is -0.504. The van der Waals surface area contributed by atoms with Crippen molar-refractivity contribution in [2.24, 2.45) is 4.99 Å². The normalized spacial score (nSPS) is 20.6. The lowest BCUT2D eigenvalue weighted by atomic mass is 9.72.